The molecule has 0 aliphatic carbocycles. The molecule has 2 aromatic rings. The maximum Gasteiger partial charge on any atom is 0.0703 e. The van der Waals surface area contributed by atoms with Crippen LogP contribution >= 0.6 is 0 Å². The van der Waals surface area contributed by atoms with Gasteiger partial charge in [0.2, 0.25) is 0 Å². The van der Waals surface area contributed by atoms with Crippen LogP contribution in [-0.2, 0) is 19.4 Å². The lowest BCUT2D eigenvalue weighted by Gasteiger charge is -2.24. The molecule has 3 nitrogen and oxygen atoms in total. The number of anilines is 1. The minimum Gasteiger partial charge on any atom is -0.392 e. The summed E-state index contributed by atoms with van der Waals surface area (Å²) < 4.78 is 0. The van der Waals surface area contributed by atoms with Gasteiger partial charge in [-0.2, -0.15) is 0 Å². The van der Waals surface area contributed by atoms with E-state index < -0.39 is 0 Å². The van der Waals surface area contributed by atoms with Crippen molar-refractivity contribution in [2.75, 3.05) is 18.0 Å². The van der Waals surface area contributed by atoms with Crippen molar-refractivity contribution in [1.29, 1.82) is 0 Å². The standard InChI is InChI=1S/C16H18N2O/c19-12-15-5-8-17-11-16(15)18-9-6-13-3-1-2-4-14(13)7-10-18/h1-5,8,11,19H,6-7,9-10,12H2. The molecule has 0 unspecified atom stereocenters. The van der Waals surface area contributed by atoms with Crippen LogP contribution in [0.5, 0.6) is 0 Å². The van der Waals surface area contributed by atoms with Crippen molar-refractivity contribution in [1.82, 2.24) is 4.98 Å². The summed E-state index contributed by atoms with van der Waals surface area (Å²) in [5.41, 5.74) is 4.91. The second-order valence-electron chi connectivity index (χ2n) is 4.92. The minimum atomic E-state index is 0.0707. The van der Waals surface area contributed by atoms with Crippen LogP contribution in [0.4, 0.5) is 5.69 Å². The molecule has 0 atom stereocenters. The lowest BCUT2D eigenvalue weighted by Crippen LogP contribution is -2.27. The molecule has 1 N–H and O–H groups in total. The molecule has 1 aliphatic rings. The number of hydrogen-bond donors (Lipinski definition) is 1. The molecule has 0 amide bonds. The number of aliphatic hydroxyl groups is 1. The van der Waals surface area contributed by atoms with Gasteiger partial charge in [-0.1, -0.05) is 24.3 Å². The summed E-state index contributed by atoms with van der Waals surface area (Å²) in [7, 11) is 0. The maximum absolute atomic E-state index is 9.44. The molecule has 2 heterocycles. The fourth-order valence-corrected chi connectivity index (χ4v) is 2.74. The smallest absolute Gasteiger partial charge is 0.0703 e. The summed E-state index contributed by atoms with van der Waals surface area (Å²) in [5.74, 6) is 0. The Morgan fingerprint density at radius 2 is 1.74 bits per heavy atom. The maximum atomic E-state index is 9.44. The molecule has 0 bridgehead atoms. The first-order valence-electron chi connectivity index (χ1n) is 6.74. The van der Waals surface area contributed by atoms with Crippen LogP contribution in [0, 0.1) is 0 Å². The van der Waals surface area contributed by atoms with Crippen LogP contribution in [0.1, 0.15) is 16.7 Å². The van der Waals surface area contributed by atoms with Crippen molar-refractivity contribution in [3.05, 3.63) is 59.4 Å². The van der Waals surface area contributed by atoms with Gasteiger partial charge in [-0.25, -0.2) is 0 Å². The number of nitrogens with zero attached hydrogens (tertiary/aromatic N) is 2. The Kier molecular flexibility index (Phi) is 3.47. The first-order valence-corrected chi connectivity index (χ1v) is 6.74. The number of aliphatic hydroxyl groups excluding tert-OH is 1. The van der Waals surface area contributed by atoms with Crippen molar-refractivity contribution in [3.63, 3.8) is 0 Å². The summed E-state index contributed by atoms with van der Waals surface area (Å²) in [6, 6.07) is 10.5. The normalized spacial score (nSPS) is 14.9. The van der Waals surface area contributed by atoms with E-state index in [4.69, 9.17) is 0 Å². The Morgan fingerprint density at radius 3 is 2.37 bits per heavy atom. The van der Waals surface area contributed by atoms with Gasteiger partial charge in [0, 0.05) is 24.8 Å². The Labute approximate surface area is 113 Å². The second-order valence-corrected chi connectivity index (χ2v) is 4.92. The Hall–Kier alpha value is -1.87. The molecular weight excluding hydrogens is 236 g/mol. The Bertz CT molecular complexity index is 541. The van der Waals surface area contributed by atoms with Crippen molar-refractivity contribution >= 4 is 5.69 Å². The van der Waals surface area contributed by atoms with Crippen LogP contribution in [0.3, 0.4) is 0 Å². The number of fused-ring (bicyclic) bond motifs is 1. The zero-order valence-electron chi connectivity index (χ0n) is 10.9. The van der Waals surface area contributed by atoms with Crippen molar-refractivity contribution < 1.29 is 5.11 Å². The van der Waals surface area contributed by atoms with E-state index in [1.54, 1.807) is 6.20 Å². The molecule has 0 radical (unpaired) electrons. The lowest BCUT2D eigenvalue weighted by molar-refractivity contribution is 0.282. The number of rotatable bonds is 2. The van der Waals surface area contributed by atoms with Crippen LogP contribution < -0.4 is 4.90 Å². The summed E-state index contributed by atoms with van der Waals surface area (Å²) in [5, 5.41) is 9.44. The van der Waals surface area contributed by atoms with Gasteiger partial charge < -0.3 is 10.0 Å². The van der Waals surface area contributed by atoms with Crippen molar-refractivity contribution in [2.45, 2.75) is 19.4 Å². The quantitative estimate of drug-likeness (QED) is 0.892. The van der Waals surface area contributed by atoms with Crippen molar-refractivity contribution in [2.24, 2.45) is 0 Å². The van der Waals surface area contributed by atoms with Gasteiger partial charge in [-0.3, -0.25) is 4.98 Å². The number of hydrogen-bond acceptors (Lipinski definition) is 3. The van der Waals surface area contributed by atoms with Gasteiger partial charge >= 0.3 is 0 Å². The first kappa shape index (κ1) is 12.2. The third-order valence-electron chi connectivity index (χ3n) is 3.82. The van der Waals surface area contributed by atoms with E-state index in [-0.39, 0.29) is 6.61 Å². The summed E-state index contributed by atoms with van der Waals surface area (Å²) >= 11 is 0. The van der Waals surface area contributed by atoms with Crippen LogP contribution in [-0.4, -0.2) is 23.2 Å². The third kappa shape index (κ3) is 2.47. The molecule has 3 rings (SSSR count). The van der Waals surface area contributed by atoms with Gasteiger partial charge in [0.05, 0.1) is 18.5 Å². The van der Waals surface area contributed by atoms with E-state index in [0.29, 0.717) is 0 Å². The molecule has 0 spiro atoms. The van der Waals surface area contributed by atoms with E-state index in [1.165, 1.54) is 11.1 Å². The van der Waals surface area contributed by atoms with Crippen LogP contribution in [0.15, 0.2) is 42.7 Å². The summed E-state index contributed by atoms with van der Waals surface area (Å²) in [6.45, 7) is 2.03. The third-order valence-corrected chi connectivity index (χ3v) is 3.82. The predicted molar refractivity (Wildman–Crippen MR) is 76.2 cm³/mol. The van der Waals surface area contributed by atoms with Crippen LogP contribution in [0.2, 0.25) is 0 Å². The van der Waals surface area contributed by atoms with E-state index >= 15 is 0 Å². The van der Waals surface area contributed by atoms with E-state index in [9.17, 15) is 5.11 Å². The lowest BCUT2D eigenvalue weighted by atomic mass is 10.0. The van der Waals surface area contributed by atoms with Gasteiger partial charge in [-0.05, 0) is 30.0 Å². The highest BCUT2D eigenvalue weighted by molar-refractivity contribution is 5.52. The molecule has 1 aliphatic heterocycles. The average Bonchev–Trinajstić information content (AvgIpc) is 2.70. The molecule has 19 heavy (non-hydrogen) atoms. The zero-order valence-corrected chi connectivity index (χ0v) is 10.9. The van der Waals surface area contributed by atoms with Gasteiger partial charge in [-0.15, -0.1) is 0 Å². The van der Waals surface area contributed by atoms with Crippen LogP contribution in [0.25, 0.3) is 0 Å². The molecule has 98 valence electrons. The first-order chi connectivity index (χ1) is 9.38. The molecule has 0 saturated heterocycles. The highest BCUT2D eigenvalue weighted by Gasteiger charge is 2.16. The SMILES string of the molecule is OCc1ccncc1N1CCc2ccccc2CC1. The van der Waals surface area contributed by atoms with Gasteiger partial charge in [0.25, 0.3) is 0 Å². The summed E-state index contributed by atoms with van der Waals surface area (Å²) in [6.07, 6.45) is 5.70. The Balaban J connectivity index is 1.85. The molecule has 1 aromatic heterocycles. The molecule has 1 aromatic carbocycles. The predicted octanol–water partition coefficient (Wildman–Crippen LogP) is 2.18. The molecule has 0 fully saturated rings. The monoisotopic (exact) mass is 254 g/mol. The average molecular weight is 254 g/mol. The number of benzene rings is 1. The van der Waals surface area contributed by atoms with E-state index in [1.807, 2.05) is 12.3 Å². The molecular formula is C16H18N2O. The molecule has 0 saturated carbocycles. The topological polar surface area (TPSA) is 36.4 Å². The zero-order chi connectivity index (χ0) is 13.1. The highest BCUT2D eigenvalue weighted by atomic mass is 16.3. The fourth-order valence-electron chi connectivity index (χ4n) is 2.74. The largest absolute Gasteiger partial charge is 0.392 e. The fraction of sp³-hybridized carbons (Fsp3) is 0.312. The van der Waals surface area contributed by atoms with Gasteiger partial charge in [0.15, 0.2) is 0 Å². The van der Waals surface area contributed by atoms with E-state index in [0.717, 1.165) is 37.2 Å². The van der Waals surface area contributed by atoms with E-state index in [2.05, 4.69) is 34.1 Å². The molecule has 3 heteroatoms. The summed E-state index contributed by atoms with van der Waals surface area (Å²) in [4.78, 5) is 6.53. The minimum absolute atomic E-state index is 0.0707. The second kappa shape index (κ2) is 5.41. The number of pyridine rings is 1. The Morgan fingerprint density at radius 1 is 1.05 bits per heavy atom. The highest BCUT2D eigenvalue weighted by Crippen LogP contribution is 2.23. The number of aromatic nitrogens is 1. The van der Waals surface area contributed by atoms with Gasteiger partial charge in [0.1, 0.15) is 0 Å². The van der Waals surface area contributed by atoms with Crippen molar-refractivity contribution in [3.8, 4) is 0 Å².